The highest BCUT2D eigenvalue weighted by molar-refractivity contribution is 5.93. The van der Waals surface area contributed by atoms with Gasteiger partial charge in [0.15, 0.2) is 0 Å². The van der Waals surface area contributed by atoms with E-state index in [0.29, 0.717) is 6.42 Å². The van der Waals surface area contributed by atoms with Crippen LogP contribution in [-0.4, -0.2) is 67.6 Å². The maximum absolute atomic E-state index is 12.6. The number of halogens is 3. The van der Waals surface area contributed by atoms with Crippen LogP contribution in [0, 0.1) is 0 Å². The van der Waals surface area contributed by atoms with E-state index in [4.69, 9.17) is 0 Å². The smallest absolute Gasteiger partial charge is 0.467 e. The number of nitrogens with one attached hydrogen (secondary N) is 4. The summed E-state index contributed by atoms with van der Waals surface area (Å²) in [6, 6.07) is -3.00. The number of carbonyl (C=O) groups is 5. The minimum Gasteiger partial charge on any atom is -0.467 e. The molecule has 0 aromatic heterocycles. The van der Waals surface area contributed by atoms with Gasteiger partial charge in [-0.2, -0.15) is 13.2 Å². The summed E-state index contributed by atoms with van der Waals surface area (Å²) in [4.78, 5) is 59.1. The molecule has 0 aliphatic carbocycles. The van der Waals surface area contributed by atoms with Crippen molar-refractivity contribution in [3.05, 3.63) is 0 Å². The molecular weight excluding hydrogens is 449 g/mol. The van der Waals surface area contributed by atoms with Gasteiger partial charge in [0.2, 0.25) is 17.7 Å². The Bertz CT molecular complexity index is 687. The molecule has 3 atom stereocenters. The van der Waals surface area contributed by atoms with Gasteiger partial charge in [-0.25, -0.2) is 4.79 Å². The molecule has 13 heteroatoms. The van der Waals surface area contributed by atoms with E-state index in [0.717, 1.165) is 13.5 Å². The third kappa shape index (κ3) is 12.7. The predicted octanol–water partition coefficient (Wildman–Crippen LogP) is 0.693. The second kappa shape index (κ2) is 15.1. The van der Waals surface area contributed by atoms with Crippen LogP contribution in [0.5, 0.6) is 0 Å². The predicted molar refractivity (Wildman–Crippen MR) is 112 cm³/mol. The average Bonchev–Trinajstić information content (AvgIpc) is 2.74. The van der Waals surface area contributed by atoms with E-state index in [1.54, 1.807) is 5.32 Å². The highest BCUT2D eigenvalue weighted by Gasteiger charge is 2.38. The summed E-state index contributed by atoms with van der Waals surface area (Å²) in [6.07, 6.45) is -2.97. The second-order valence-corrected chi connectivity index (χ2v) is 7.46. The fourth-order valence-electron chi connectivity index (χ4n) is 2.60. The molecule has 0 heterocycles. The molecule has 0 unspecified atom stereocenters. The molecule has 0 aromatic rings. The molecule has 0 aliphatic rings. The number of hydrogen-bond acceptors (Lipinski definition) is 6. The van der Waals surface area contributed by atoms with Crippen molar-refractivity contribution in [3.8, 4) is 0 Å². The van der Waals surface area contributed by atoms with E-state index in [1.165, 1.54) is 13.8 Å². The van der Waals surface area contributed by atoms with Crippen molar-refractivity contribution >= 4 is 29.6 Å². The lowest BCUT2D eigenvalue weighted by Gasteiger charge is -2.22. The summed E-state index contributed by atoms with van der Waals surface area (Å²) >= 11 is 0. The number of unbranched alkanes of at least 4 members (excludes halogenated alkanes) is 2. The van der Waals surface area contributed by atoms with Gasteiger partial charge in [-0.3, -0.25) is 19.2 Å². The van der Waals surface area contributed by atoms with Crippen LogP contribution < -0.4 is 21.3 Å². The molecule has 33 heavy (non-hydrogen) atoms. The second-order valence-electron chi connectivity index (χ2n) is 7.46. The van der Waals surface area contributed by atoms with Crippen LogP contribution in [-0.2, 0) is 28.7 Å². The molecule has 0 saturated heterocycles. The first-order valence-corrected chi connectivity index (χ1v) is 10.7. The molecule has 0 fully saturated rings. The highest BCUT2D eigenvalue weighted by Crippen LogP contribution is 2.14. The Kier molecular flexibility index (Phi) is 13.8. The summed E-state index contributed by atoms with van der Waals surface area (Å²) in [5, 5.41) is 9.12. The zero-order chi connectivity index (χ0) is 25.6. The van der Waals surface area contributed by atoms with Crippen molar-refractivity contribution in [2.45, 2.75) is 83.6 Å². The van der Waals surface area contributed by atoms with Crippen molar-refractivity contribution in [1.29, 1.82) is 0 Å². The number of ether oxygens (including phenoxy) is 1. The number of amides is 4. The van der Waals surface area contributed by atoms with Gasteiger partial charge in [0, 0.05) is 13.0 Å². The van der Waals surface area contributed by atoms with E-state index in [1.807, 2.05) is 6.92 Å². The number of carbonyl (C=O) groups excluding carboxylic acids is 5. The SMILES string of the molecule is CCCCC(=O)N[C@@H](CCCCNC(=O)C(F)(F)F)C(=O)N[C@H](C)C(=O)N[C@H](C)C(=O)OC. The standard InChI is InChI=1S/C20H33F3N4O6/c1-5-6-10-15(28)27-14(9-7-8-11-24-19(32)20(21,22)23)17(30)25-12(2)16(29)26-13(3)18(31)33-4/h12-14H,5-11H2,1-4H3,(H,24,32)(H,25,30)(H,26,29)(H,27,28)/t12-,13-,14+/m1/s1. The highest BCUT2D eigenvalue weighted by atomic mass is 19.4. The summed E-state index contributed by atoms with van der Waals surface area (Å²) < 4.78 is 41.1. The molecule has 0 aliphatic heterocycles. The van der Waals surface area contributed by atoms with Crippen molar-refractivity contribution < 1.29 is 41.9 Å². The van der Waals surface area contributed by atoms with Gasteiger partial charge in [-0.1, -0.05) is 13.3 Å². The first kappa shape index (κ1) is 30.1. The Labute approximate surface area is 190 Å². The van der Waals surface area contributed by atoms with Crippen molar-refractivity contribution in [2.75, 3.05) is 13.7 Å². The Balaban J connectivity index is 4.87. The van der Waals surface area contributed by atoms with Gasteiger partial charge in [-0.05, 0) is 39.5 Å². The summed E-state index contributed by atoms with van der Waals surface area (Å²) in [5.74, 6) is -4.40. The molecule has 0 rings (SSSR count). The van der Waals surface area contributed by atoms with Gasteiger partial charge >= 0.3 is 18.1 Å². The molecule has 10 nitrogen and oxygen atoms in total. The minimum absolute atomic E-state index is 0.0818. The number of rotatable bonds is 14. The molecule has 0 spiro atoms. The summed E-state index contributed by atoms with van der Waals surface area (Å²) in [6.45, 7) is 4.44. The van der Waals surface area contributed by atoms with Crippen LogP contribution in [0.4, 0.5) is 13.2 Å². The van der Waals surface area contributed by atoms with Crippen LogP contribution in [0.2, 0.25) is 0 Å². The van der Waals surface area contributed by atoms with Gasteiger partial charge in [0.05, 0.1) is 7.11 Å². The molecular formula is C20H33F3N4O6. The molecule has 0 aromatic carbocycles. The van der Waals surface area contributed by atoms with E-state index in [9.17, 15) is 37.1 Å². The Morgan fingerprint density at radius 2 is 1.48 bits per heavy atom. The summed E-state index contributed by atoms with van der Waals surface area (Å²) in [5.41, 5.74) is 0. The largest absolute Gasteiger partial charge is 0.471 e. The van der Waals surface area contributed by atoms with Crippen LogP contribution in [0.25, 0.3) is 0 Å². The molecule has 0 bridgehead atoms. The van der Waals surface area contributed by atoms with Crippen molar-refractivity contribution in [2.24, 2.45) is 0 Å². The van der Waals surface area contributed by atoms with Crippen LogP contribution >= 0.6 is 0 Å². The number of esters is 1. The Hall–Kier alpha value is -2.86. The first-order chi connectivity index (χ1) is 15.3. The van der Waals surface area contributed by atoms with Gasteiger partial charge in [0.1, 0.15) is 18.1 Å². The Morgan fingerprint density at radius 3 is 2.03 bits per heavy atom. The summed E-state index contributed by atoms with van der Waals surface area (Å²) in [7, 11) is 1.16. The molecule has 0 radical (unpaired) electrons. The molecule has 4 N–H and O–H groups in total. The lowest BCUT2D eigenvalue weighted by molar-refractivity contribution is -0.173. The molecule has 0 saturated carbocycles. The van der Waals surface area contributed by atoms with Gasteiger partial charge < -0.3 is 26.0 Å². The van der Waals surface area contributed by atoms with E-state index in [2.05, 4.69) is 20.7 Å². The lowest BCUT2D eigenvalue weighted by Crippen LogP contribution is -2.54. The minimum atomic E-state index is -4.97. The van der Waals surface area contributed by atoms with Gasteiger partial charge in [0.25, 0.3) is 0 Å². The first-order valence-electron chi connectivity index (χ1n) is 10.7. The fraction of sp³-hybridized carbons (Fsp3) is 0.750. The monoisotopic (exact) mass is 482 g/mol. The number of alkyl halides is 3. The maximum Gasteiger partial charge on any atom is 0.471 e. The van der Waals surface area contributed by atoms with Crippen LogP contribution in [0.3, 0.4) is 0 Å². The maximum atomic E-state index is 12.6. The molecule has 4 amide bonds. The quantitative estimate of drug-likeness (QED) is 0.212. The zero-order valence-corrected chi connectivity index (χ0v) is 19.3. The van der Waals surface area contributed by atoms with Gasteiger partial charge in [-0.15, -0.1) is 0 Å². The Morgan fingerprint density at radius 1 is 0.879 bits per heavy atom. The zero-order valence-electron chi connectivity index (χ0n) is 19.3. The normalized spacial score (nSPS) is 13.8. The third-order valence-corrected chi connectivity index (χ3v) is 4.54. The fourth-order valence-corrected chi connectivity index (χ4v) is 2.60. The van der Waals surface area contributed by atoms with Crippen molar-refractivity contribution in [1.82, 2.24) is 21.3 Å². The topological polar surface area (TPSA) is 143 Å². The van der Waals surface area contributed by atoms with E-state index >= 15 is 0 Å². The number of methoxy groups -OCH3 is 1. The average molecular weight is 483 g/mol. The number of hydrogen-bond donors (Lipinski definition) is 4. The molecule has 190 valence electrons. The van der Waals surface area contributed by atoms with Crippen LogP contribution in [0.1, 0.15) is 59.3 Å². The van der Waals surface area contributed by atoms with E-state index < -0.39 is 48.0 Å². The van der Waals surface area contributed by atoms with Crippen molar-refractivity contribution in [3.63, 3.8) is 0 Å². The van der Waals surface area contributed by atoms with Crippen LogP contribution in [0.15, 0.2) is 0 Å². The third-order valence-electron chi connectivity index (χ3n) is 4.54. The van der Waals surface area contributed by atoms with E-state index in [-0.39, 0.29) is 38.1 Å². The lowest BCUT2D eigenvalue weighted by atomic mass is 10.1.